The van der Waals surface area contributed by atoms with E-state index in [0.717, 1.165) is 5.56 Å². The van der Waals surface area contributed by atoms with E-state index in [0.29, 0.717) is 29.6 Å². The fourth-order valence-corrected chi connectivity index (χ4v) is 2.39. The Morgan fingerprint density at radius 2 is 2.09 bits per heavy atom. The van der Waals surface area contributed by atoms with Crippen LogP contribution in [0.2, 0.25) is 5.02 Å². The maximum Gasteiger partial charge on any atom is 0.410 e. The zero-order chi connectivity index (χ0) is 16.3. The molecule has 0 unspecified atom stereocenters. The van der Waals surface area contributed by atoms with Crippen molar-refractivity contribution in [1.29, 1.82) is 0 Å². The first-order valence-corrected chi connectivity index (χ1v) is 8.02. The topological polar surface area (TPSA) is 49.8 Å². The number of ether oxygens (including phenoxy) is 1. The second kappa shape index (κ2) is 6.88. The highest BCUT2D eigenvalue weighted by molar-refractivity contribution is 6.31. The van der Waals surface area contributed by atoms with Crippen LogP contribution >= 0.6 is 11.6 Å². The molecule has 1 aromatic carbocycles. The van der Waals surface area contributed by atoms with E-state index in [1.165, 1.54) is 12.8 Å². The Kier molecular flexibility index (Phi) is 5.35. The number of aliphatic hydroxyl groups excluding tert-OH is 1. The summed E-state index contributed by atoms with van der Waals surface area (Å²) >= 11 is 6.01. The summed E-state index contributed by atoms with van der Waals surface area (Å²) < 4.78 is 5.49. The summed E-state index contributed by atoms with van der Waals surface area (Å²) in [5, 5.41) is 9.84. The molecule has 0 radical (unpaired) electrons. The molecule has 1 aliphatic carbocycles. The quantitative estimate of drug-likeness (QED) is 0.890. The van der Waals surface area contributed by atoms with Crippen molar-refractivity contribution in [2.45, 2.75) is 52.4 Å². The van der Waals surface area contributed by atoms with Crippen LogP contribution in [0, 0.1) is 5.92 Å². The minimum Gasteiger partial charge on any atom is -0.444 e. The Bertz CT molecular complexity index is 535. The van der Waals surface area contributed by atoms with Crippen LogP contribution in [-0.4, -0.2) is 28.2 Å². The molecule has 0 saturated heterocycles. The van der Waals surface area contributed by atoms with Crippen molar-refractivity contribution >= 4 is 17.7 Å². The van der Waals surface area contributed by atoms with E-state index >= 15 is 0 Å². The predicted molar refractivity (Wildman–Crippen MR) is 86.7 cm³/mol. The molecule has 0 bridgehead atoms. The number of aliphatic hydroxyl groups is 1. The van der Waals surface area contributed by atoms with Crippen molar-refractivity contribution in [3.8, 4) is 0 Å². The average Bonchev–Trinajstić information content (AvgIpc) is 3.22. The molecule has 0 aromatic heterocycles. The lowest BCUT2D eigenvalue weighted by Crippen LogP contribution is -2.37. The van der Waals surface area contributed by atoms with Crippen LogP contribution in [-0.2, 0) is 17.9 Å². The van der Waals surface area contributed by atoms with Gasteiger partial charge < -0.3 is 14.7 Å². The van der Waals surface area contributed by atoms with Gasteiger partial charge in [0.25, 0.3) is 0 Å². The van der Waals surface area contributed by atoms with E-state index < -0.39 is 5.60 Å². The minimum atomic E-state index is -0.505. The van der Waals surface area contributed by atoms with E-state index in [4.69, 9.17) is 16.3 Å². The number of nitrogens with zero attached hydrogens (tertiary/aromatic N) is 1. The molecule has 22 heavy (non-hydrogen) atoms. The van der Waals surface area contributed by atoms with Gasteiger partial charge in [-0.3, -0.25) is 0 Å². The van der Waals surface area contributed by atoms with Crippen molar-refractivity contribution in [2.24, 2.45) is 5.92 Å². The second-order valence-electron chi connectivity index (χ2n) is 6.89. The van der Waals surface area contributed by atoms with Gasteiger partial charge in [-0.15, -0.1) is 0 Å². The molecule has 122 valence electrons. The van der Waals surface area contributed by atoms with Crippen LogP contribution in [0.25, 0.3) is 0 Å². The van der Waals surface area contributed by atoms with Crippen molar-refractivity contribution in [2.75, 3.05) is 6.54 Å². The van der Waals surface area contributed by atoms with E-state index in [1.807, 2.05) is 32.9 Å². The molecule has 0 atom stereocenters. The van der Waals surface area contributed by atoms with Gasteiger partial charge in [0.1, 0.15) is 5.60 Å². The van der Waals surface area contributed by atoms with E-state index in [2.05, 4.69) is 0 Å². The Balaban J connectivity index is 2.10. The van der Waals surface area contributed by atoms with Crippen LogP contribution in [0.15, 0.2) is 18.2 Å². The molecular formula is C17H24ClNO3. The summed E-state index contributed by atoms with van der Waals surface area (Å²) in [7, 11) is 0. The smallest absolute Gasteiger partial charge is 0.410 e. The Labute approximate surface area is 137 Å². The lowest BCUT2D eigenvalue weighted by molar-refractivity contribution is 0.0224. The maximum atomic E-state index is 12.4. The largest absolute Gasteiger partial charge is 0.444 e. The molecule has 1 amide bonds. The Morgan fingerprint density at radius 1 is 1.41 bits per heavy atom. The number of hydrogen-bond acceptors (Lipinski definition) is 3. The van der Waals surface area contributed by atoms with Crippen molar-refractivity contribution in [1.82, 2.24) is 4.90 Å². The van der Waals surface area contributed by atoms with Crippen LogP contribution in [0.5, 0.6) is 0 Å². The standard InChI is InChI=1S/C17H24ClNO3/c1-17(2,3)22-16(21)19(9-12-4-5-12)10-13-6-7-15(18)14(8-13)11-20/h6-8,12,20H,4-5,9-11H2,1-3H3. The van der Waals surface area contributed by atoms with Gasteiger partial charge in [-0.25, -0.2) is 4.79 Å². The van der Waals surface area contributed by atoms with Crippen LogP contribution in [0.3, 0.4) is 0 Å². The lowest BCUT2D eigenvalue weighted by Gasteiger charge is -2.27. The first-order valence-electron chi connectivity index (χ1n) is 7.64. The highest BCUT2D eigenvalue weighted by Gasteiger charge is 2.29. The monoisotopic (exact) mass is 325 g/mol. The molecule has 1 fully saturated rings. The number of amides is 1. The molecule has 1 saturated carbocycles. The molecule has 1 aliphatic rings. The van der Waals surface area contributed by atoms with E-state index in [-0.39, 0.29) is 12.7 Å². The lowest BCUT2D eigenvalue weighted by atomic mass is 10.1. The number of benzene rings is 1. The first kappa shape index (κ1) is 17.1. The summed E-state index contributed by atoms with van der Waals surface area (Å²) in [6, 6.07) is 5.48. The van der Waals surface area contributed by atoms with Crippen molar-refractivity contribution < 1.29 is 14.6 Å². The van der Waals surface area contributed by atoms with Gasteiger partial charge in [0.2, 0.25) is 0 Å². The third kappa shape index (κ3) is 5.18. The van der Waals surface area contributed by atoms with Gasteiger partial charge in [-0.1, -0.05) is 23.7 Å². The van der Waals surface area contributed by atoms with E-state index in [1.54, 1.807) is 11.0 Å². The highest BCUT2D eigenvalue weighted by atomic mass is 35.5. The van der Waals surface area contributed by atoms with Crippen molar-refractivity contribution in [3.05, 3.63) is 34.3 Å². The summed E-state index contributed by atoms with van der Waals surface area (Å²) in [5.74, 6) is 0.581. The second-order valence-corrected chi connectivity index (χ2v) is 7.30. The van der Waals surface area contributed by atoms with Gasteiger partial charge >= 0.3 is 6.09 Å². The zero-order valence-corrected chi connectivity index (χ0v) is 14.2. The maximum absolute atomic E-state index is 12.4. The van der Waals surface area contributed by atoms with Gasteiger partial charge in [-0.05, 0) is 56.7 Å². The molecule has 5 heteroatoms. The molecule has 4 nitrogen and oxygen atoms in total. The van der Waals surface area contributed by atoms with Gasteiger partial charge in [0.05, 0.1) is 6.61 Å². The molecule has 0 spiro atoms. The number of hydrogen-bond donors (Lipinski definition) is 1. The number of carbonyl (C=O) groups excluding carboxylic acids is 1. The molecule has 2 rings (SSSR count). The molecule has 0 aliphatic heterocycles. The minimum absolute atomic E-state index is 0.109. The first-order chi connectivity index (χ1) is 10.3. The van der Waals surface area contributed by atoms with Gasteiger partial charge in [0.15, 0.2) is 0 Å². The molecule has 0 heterocycles. The fraction of sp³-hybridized carbons (Fsp3) is 0.588. The summed E-state index contributed by atoms with van der Waals surface area (Å²) in [6.45, 7) is 6.67. The average molecular weight is 326 g/mol. The summed E-state index contributed by atoms with van der Waals surface area (Å²) in [6.07, 6.45) is 2.05. The van der Waals surface area contributed by atoms with Crippen molar-refractivity contribution in [3.63, 3.8) is 0 Å². The van der Waals surface area contributed by atoms with Crippen LogP contribution in [0.4, 0.5) is 4.79 Å². The fourth-order valence-electron chi connectivity index (χ4n) is 2.21. The highest BCUT2D eigenvalue weighted by Crippen LogP contribution is 2.31. The number of rotatable bonds is 5. The number of halogens is 1. The molecule has 1 aromatic rings. The zero-order valence-electron chi connectivity index (χ0n) is 13.4. The van der Waals surface area contributed by atoms with Crippen LogP contribution in [0.1, 0.15) is 44.7 Å². The van der Waals surface area contributed by atoms with Crippen LogP contribution < -0.4 is 0 Å². The van der Waals surface area contributed by atoms with Gasteiger partial charge in [0, 0.05) is 18.1 Å². The third-order valence-electron chi connectivity index (χ3n) is 3.48. The molecule has 1 N–H and O–H groups in total. The molecular weight excluding hydrogens is 302 g/mol. The van der Waals surface area contributed by atoms with E-state index in [9.17, 15) is 9.90 Å². The SMILES string of the molecule is CC(C)(C)OC(=O)N(Cc1ccc(Cl)c(CO)c1)CC1CC1. The Morgan fingerprint density at radius 3 is 2.64 bits per heavy atom. The summed E-state index contributed by atoms with van der Waals surface area (Å²) in [5.41, 5.74) is 1.12. The van der Waals surface area contributed by atoms with Gasteiger partial charge in [-0.2, -0.15) is 0 Å². The Hall–Kier alpha value is -1.26. The summed E-state index contributed by atoms with van der Waals surface area (Å²) in [4.78, 5) is 14.1. The normalized spacial score (nSPS) is 14.8. The third-order valence-corrected chi connectivity index (χ3v) is 3.85. The number of carbonyl (C=O) groups is 1. The predicted octanol–water partition coefficient (Wildman–Crippen LogP) is 3.98.